The molecule has 15 heavy (non-hydrogen) atoms. The minimum Gasteiger partial charge on any atom is -0.394 e. The maximum absolute atomic E-state index is 9.53. The summed E-state index contributed by atoms with van der Waals surface area (Å²) < 4.78 is 0. The van der Waals surface area contributed by atoms with Gasteiger partial charge >= 0.3 is 0 Å². The third-order valence-electron chi connectivity index (χ3n) is 3.25. The van der Waals surface area contributed by atoms with Crippen molar-refractivity contribution in [1.29, 1.82) is 0 Å². The van der Waals surface area contributed by atoms with E-state index in [-0.39, 0.29) is 12.1 Å². The minimum atomic E-state index is -0.0155. The Morgan fingerprint density at radius 2 is 1.93 bits per heavy atom. The van der Waals surface area contributed by atoms with Crippen LogP contribution in [0.25, 0.3) is 0 Å². The average Bonchev–Trinajstić information content (AvgIpc) is 2.21. The highest BCUT2D eigenvalue weighted by atomic mass is 16.3. The minimum absolute atomic E-state index is 0.0155. The van der Waals surface area contributed by atoms with Crippen molar-refractivity contribution in [3.8, 4) is 0 Å². The molecule has 0 spiro atoms. The molecule has 0 bridgehead atoms. The molecule has 0 radical (unpaired) electrons. The summed E-state index contributed by atoms with van der Waals surface area (Å²) in [5, 5.41) is 13.1. The Morgan fingerprint density at radius 1 is 1.33 bits per heavy atom. The number of hydrogen-bond donors (Lipinski definition) is 2. The fraction of sp³-hybridized carbons (Fsp3) is 1.00. The zero-order chi connectivity index (χ0) is 11.3. The van der Waals surface area contributed by atoms with Gasteiger partial charge in [0, 0.05) is 11.6 Å². The molecule has 1 saturated heterocycles. The molecule has 0 amide bonds. The summed E-state index contributed by atoms with van der Waals surface area (Å²) in [7, 11) is 0. The standard InChI is InChI=1S/C12H26N2O/c1-4-7-14-8-5-12(10-15,6-9-14)13-11(2)3/h11,13,15H,4-10H2,1-3H3. The Morgan fingerprint density at radius 3 is 2.33 bits per heavy atom. The van der Waals surface area contributed by atoms with Crippen LogP contribution in [0.4, 0.5) is 0 Å². The van der Waals surface area contributed by atoms with Crippen LogP contribution in [-0.4, -0.2) is 47.8 Å². The smallest absolute Gasteiger partial charge is 0.0614 e. The van der Waals surface area contributed by atoms with Crippen molar-refractivity contribution in [2.24, 2.45) is 0 Å². The van der Waals surface area contributed by atoms with Crippen molar-refractivity contribution >= 4 is 0 Å². The lowest BCUT2D eigenvalue weighted by Gasteiger charge is -2.42. The summed E-state index contributed by atoms with van der Waals surface area (Å²) in [6, 6.07) is 0.454. The number of rotatable bonds is 5. The number of aliphatic hydroxyl groups excluding tert-OH is 1. The quantitative estimate of drug-likeness (QED) is 0.722. The molecule has 2 N–H and O–H groups in total. The van der Waals surface area contributed by atoms with Crippen molar-refractivity contribution in [3.63, 3.8) is 0 Å². The van der Waals surface area contributed by atoms with Gasteiger partial charge in [-0.25, -0.2) is 0 Å². The number of nitrogens with zero attached hydrogens (tertiary/aromatic N) is 1. The number of aliphatic hydroxyl groups is 1. The lowest BCUT2D eigenvalue weighted by molar-refractivity contribution is 0.0727. The van der Waals surface area contributed by atoms with Crippen LogP contribution in [0.3, 0.4) is 0 Å². The van der Waals surface area contributed by atoms with Crippen molar-refractivity contribution in [1.82, 2.24) is 10.2 Å². The molecule has 0 aromatic carbocycles. The van der Waals surface area contributed by atoms with Gasteiger partial charge in [-0.2, -0.15) is 0 Å². The van der Waals surface area contributed by atoms with Crippen LogP contribution in [-0.2, 0) is 0 Å². The molecule has 0 saturated carbocycles. The van der Waals surface area contributed by atoms with Crippen LogP contribution in [0.1, 0.15) is 40.0 Å². The first-order valence-electron chi connectivity index (χ1n) is 6.23. The normalized spacial score (nSPS) is 22.2. The molecule has 0 unspecified atom stereocenters. The highest BCUT2D eigenvalue weighted by Crippen LogP contribution is 2.22. The number of piperidine rings is 1. The van der Waals surface area contributed by atoms with Gasteiger partial charge < -0.3 is 15.3 Å². The molecule has 0 atom stereocenters. The second kappa shape index (κ2) is 5.83. The molecule has 1 aliphatic rings. The molecular weight excluding hydrogens is 188 g/mol. The van der Waals surface area contributed by atoms with Gasteiger partial charge in [-0.05, 0) is 38.9 Å². The van der Waals surface area contributed by atoms with Gasteiger partial charge in [0.15, 0.2) is 0 Å². The van der Waals surface area contributed by atoms with Crippen molar-refractivity contribution in [2.75, 3.05) is 26.2 Å². The third-order valence-corrected chi connectivity index (χ3v) is 3.25. The van der Waals surface area contributed by atoms with E-state index in [2.05, 4.69) is 31.0 Å². The number of likely N-dealkylation sites (tertiary alicyclic amines) is 1. The third kappa shape index (κ3) is 3.74. The molecule has 1 fully saturated rings. The highest BCUT2D eigenvalue weighted by Gasteiger charge is 2.33. The Balaban J connectivity index is 2.43. The van der Waals surface area contributed by atoms with E-state index in [1.54, 1.807) is 0 Å². The van der Waals surface area contributed by atoms with E-state index in [9.17, 15) is 5.11 Å². The summed E-state index contributed by atoms with van der Waals surface area (Å²) in [6.07, 6.45) is 3.37. The number of nitrogens with one attached hydrogen (secondary N) is 1. The second-order valence-electron chi connectivity index (χ2n) is 5.08. The summed E-state index contributed by atoms with van der Waals surface area (Å²) in [5.41, 5.74) is -0.0155. The predicted octanol–water partition coefficient (Wildman–Crippen LogP) is 1.22. The Labute approximate surface area is 93.9 Å². The second-order valence-corrected chi connectivity index (χ2v) is 5.08. The van der Waals surface area contributed by atoms with E-state index in [0.717, 1.165) is 25.9 Å². The summed E-state index contributed by atoms with van der Waals surface area (Å²) in [4.78, 5) is 2.50. The summed E-state index contributed by atoms with van der Waals surface area (Å²) in [5.74, 6) is 0. The Bertz CT molecular complexity index is 174. The molecule has 1 heterocycles. The van der Waals surface area contributed by atoms with Crippen molar-refractivity contribution in [3.05, 3.63) is 0 Å². The van der Waals surface area contributed by atoms with E-state index in [4.69, 9.17) is 0 Å². The maximum atomic E-state index is 9.53. The van der Waals surface area contributed by atoms with Gasteiger partial charge in [0.25, 0.3) is 0 Å². The Kier molecular flexibility index (Phi) is 5.03. The largest absolute Gasteiger partial charge is 0.394 e. The molecule has 90 valence electrons. The van der Waals surface area contributed by atoms with Crippen LogP contribution in [0.2, 0.25) is 0 Å². The summed E-state index contributed by atoms with van der Waals surface area (Å²) >= 11 is 0. The fourth-order valence-electron chi connectivity index (χ4n) is 2.48. The van der Waals surface area contributed by atoms with Gasteiger partial charge in [-0.15, -0.1) is 0 Å². The van der Waals surface area contributed by atoms with Crippen LogP contribution < -0.4 is 5.32 Å². The van der Waals surface area contributed by atoms with Gasteiger partial charge in [0.05, 0.1) is 6.61 Å². The van der Waals surface area contributed by atoms with E-state index < -0.39 is 0 Å². The van der Waals surface area contributed by atoms with E-state index in [0.29, 0.717) is 6.04 Å². The molecule has 3 nitrogen and oxygen atoms in total. The van der Waals surface area contributed by atoms with Crippen molar-refractivity contribution in [2.45, 2.75) is 51.6 Å². The fourth-order valence-corrected chi connectivity index (χ4v) is 2.48. The first-order valence-corrected chi connectivity index (χ1v) is 6.23. The zero-order valence-corrected chi connectivity index (χ0v) is 10.4. The molecule has 1 aliphatic heterocycles. The highest BCUT2D eigenvalue weighted by molar-refractivity contribution is 4.93. The molecule has 0 aromatic rings. The van der Waals surface area contributed by atoms with Crippen LogP contribution in [0.15, 0.2) is 0 Å². The van der Waals surface area contributed by atoms with Gasteiger partial charge in [0.2, 0.25) is 0 Å². The van der Waals surface area contributed by atoms with E-state index in [1.165, 1.54) is 13.0 Å². The topological polar surface area (TPSA) is 35.5 Å². The molecular formula is C12H26N2O. The SMILES string of the molecule is CCCN1CCC(CO)(NC(C)C)CC1. The lowest BCUT2D eigenvalue weighted by atomic mass is 9.87. The lowest BCUT2D eigenvalue weighted by Crippen LogP contribution is -2.57. The molecule has 1 rings (SSSR count). The maximum Gasteiger partial charge on any atom is 0.0614 e. The van der Waals surface area contributed by atoms with Crippen LogP contribution >= 0.6 is 0 Å². The number of hydrogen-bond acceptors (Lipinski definition) is 3. The van der Waals surface area contributed by atoms with Gasteiger partial charge in [0.1, 0.15) is 0 Å². The predicted molar refractivity (Wildman–Crippen MR) is 64.1 cm³/mol. The van der Waals surface area contributed by atoms with Gasteiger partial charge in [-0.1, -0.05) is 20.8 Å². The first-order chi connectivity index (χ1) is 7.12. The molecule has 0 aromatic heterocycles. The van der Waals surface area contributed by atoms with E-state index in [1.807, 2.05) is 0 Å². The van der Waals surface area contributed by atoms with Gasteiger partial charge in [-0.3, -0.25) is 0 Å². The Hall–Kier alpha value is -0.120. The van der Waals surface area contributed by atoms with Crippen molar-refractivity contribution < 1.29 is 5.11 Å². The molecule has 3 heteroatoms. The van der Waals surface area contributed by atoms with Crippen LogP contribution in [0.5, 0.6) is 0 Å². The zero-order valence-electron chi connectivity index (χ0n) is 10.4. The van der Waals surface area contributed by atoms with Crippen LogP contribution in [0, 0.1) is 0 Å². The average molecular weight is 214 g/mol. The van der Waals surface area contributed by atoms with E-state index >= 15 is 0 Å². The summed E-state index contributed by atoms with van der Waals surface area (Å²) in [6.45, 7) is 10.2. The first kappa shape index (κ1) is 12.9. The molecule has 0 aliphatic carbocycles. The monoisotopic (exact) mass is 214 g/mol.